The van der Waals surface area contributed by atoms with Crippen LogP contribution in [0.15, 0.2) is 11.1 Å². The molecule has 1 N–H and O–H groups in total. The average molecular weight is 234 g/mol. The molecule has 1 nitrogen and oxygen atoms in total. The van der Waals surface area contributed by atoms with Crippen molar-refractivity contribution in [1.29, 1.82) is 0 Å². The largest absolute Gasteiger partial charge is 0.389 e. The standard InChI is InChI=1S/C15H27BO/c1-4-9-14(17)13-10-7-5-6-8-11-15(3,16)12(13)2/h14,17H,4-11H2,1-3H3. The summed E-state index contributed by atoms with van der Waals surface area (Å²) in [6, 6.07) is 0. The van der Waals surface area contributed by atoms with Crippen LogP contribution in [0.1, 0.15) is 72.1 Å². The van der Waals surface area contributed by atoms with E-state index in [1.807, 2.05) is 0 Å². The van der Waals surface area contributed by atoms with Gasteiger partial charge >= 0.3 is 0 Å². The lowest BCUT2D eigenvalue weighted by Gasteiger charge is -2.30. The van der Waals surface area contributed by atoms with E-state index in [4.69, 9.17) is 7.85 Å². The van der Waals surface area contributed by atoms with E-state index in [2.05, 4.69) is 20.8 Å². The smallest absolute Gasteiger partial charge is 0.0802 e. The fourth-order valence-corrected chi connectivity index (χ4v) is 2.77. The molecule has 1 aliphatic rings. The van der Waals surface area contributed by atoms with Crippen LogP contribution in [0.25, 0.3) is 0 Å². The number of rotatable bonds is 3. The van der Waals surface area contributed by atoms with E-state index in [1.165, 1.54) is 36.8 Å². The summed E-state index contributed by atoms with van der Waals surface area (Å²) in [7, 11) is 6.42. The lowest BCUT2D eigenvalue weighted by atomic mass is 9.61. The molecular weight excluding hydrogens is 207 g/mol. The van der Waals surface area contributed by atoms with Crippen LogP contribution in [0.5, 0.6) is 0 Å². The second kappa shape index (κ2) is 6.63. The number of hydrogen-bond acceptors (Lipinski definition) is 1. The highest BCUT2D eigenvalue weighted by Crippen LogP contribution is 2.41. The maximum atomic E-state index is 10.3. The monoisotopic (exact) mass is 234 g/mol. The van der Waals surface area contributed by atoms with Crippen molar-refractivity contribution in [2.75, 3.05) is 0 Å². The highest BCUT2D eigenvalue weighted by Gasteiger charge is 2.25. The Morgan fingerprint density at radius 3 is 2.59 bits per heavy atom. The summed E-state index contributed by atoms with van der Waals surface area (Å²) < 4.78 is 0. The van der Waals surface area contributed by atoms with Crippen molar-refractivity contribution in [2.24, 2.45) is 0 Å². The number of aliphatic hydroxyl groups excluding tert-OH is 1. The molecule has 1 aliphatic carbocycles. The predicted molar refractivity (Wildman–Crippen MR) is 75.4 cm³/mol. The van der Waals surface area contributed by atoms with E-state index in [-0.39, 0.29) is 11.4 Å². The lowest BCUT2D eigenvalue weighted by molar-refractivity contribution is 0.192. The Balaban J connectivity index is 2.94. The molecule has 0 amide bonds. The Labute approximate surface area is 108 Å². The van der Waals surface area contributed by atoms with Crippen molar-refractivity contribution < 1.29 is 5.11 Å². The van der Waals surface area contributed by atoms with Gasteiger partial charge in [-0.3, -0.25) is 0 Å². The number of allylic oxidation sites excluding steroid dienone is 1. The highest BCUT2D eigenvalue weighted by molar-refractivity contribution is 6.17. The van der Waals surface area contributed by atoms with E-state index in [0.29, 0.717) is 0 Å². The van der Waals surface area contributed by atoms with Crippen molar-refractivity contribution in [3.63, 3.8) is 0 Å². The third-order valence-corrected chi connectivity index (χ3v) is 4.19. The first-order valence-corrected chi connectivity index (χ1v) is 7.16. The van der Waals surface area contributed by atoms with Gasteiger partial charge in [0.2, 0.25) is 0 Å². The van der Waals surface area contributed by atoms with E-state index in [1.54, 1.807) is 0 Å². The molecule has 0 aliphatic heterocycles. The highest BCUT2D eigenvalue weighted by atomic mass is 16.3. The lowest BCUT2D eigenvalue weighted by Crippen LogP contribution is -2.18. The summed E-state index contributed by atoms with van der Waals surface area (Å²) in [5.74, 6) is 0. The summed E-state index contributed by atoms with van der Waals surface area (Å²) in [4.78, 5) is 0. The fraction of sp³-hybridized carbons (Fsp3) is 0.867. The van der Waals surface area contributed by atoms with Crippen LogP contribution in [0.3, 0.4) is 0 Å². The summed E-state index contributed by atoms with van der Waals surface area (Å²) in [6.07, 6.45) is 8.64. The van der Waals surface area contributed by atoms with Crippen LogP contribution in [-0.4, -0.2) is 19.1 Å². The third-order valence-electron chi connectivity index (χ3n) is 4.19. The Kier molecular flexibility index (Phi) is 5.78. The van der Waals surface area contributed by atoms with Crippen LogP contribution in [-0.2, 0) is 0 Å². The molecule has 0 aromatic carbocycles. The zero-order valence-corrected chi connectivity index (χ0v) is 11.8. The normalized spacial score (nSPS) is 29.4. The van der Waals surface area contributed by atoms with Gasteiger partial charge in [0.1, 0.15) is 0 Å². The van der Waals surface area contributed by atoms with Crippen LogP contribution >= 0.6 is 0 Å². The Bertz CT molecular complexity index is 268. The van der Waals surface area contributed by atoms with Crippen molar-refractivity contribution >= 4 is 7.85 Å². The van der Waals surface area contributed by atoms with E-state index in [9.17, 15) is 5.11 Å². The zero-order chi connectivity index (χ0) is 12.9. The van der Waals surface area contributed by atoms with Gasteiger partial charge in [-0.2, -0.15) is 0 Å². The van der Waals surface area contributed by atoms with Gasteiger partial charge < -0.3 is 5.11 Å². The van der Waals surface area contributed by atoms with Crippen molar-refractivity contribution in [1.82, 2.24) is 0 Å². The van der Waals surface area contributed by atoms with Gasteiger partial charge in [0, 0.05) is 0 Å². The van der Waals surface area contributed by atoms with Gasteiger partial charge in [0.25, 0.3) is 0 Å². The molecule has 0 saturated carbocycles. The quantitative estimate of drug-likeness (QED) is 0.574. The molecule has 1 rings (SSSR count). The third kappa shape index (κ3) is 4.17. The van der Waals surface area contributed by atoms with Crippen LogP contribution in [0.2, 0.25) is 5.31 Å². The minimum atomic E-state index is -0.277. The minimum Gasteiger partial charge on any atom is -0.389 e. The van der Waals surface area contributed by atoms with Crippen LogP contribution in [0, 0.1) is 0 Å². The predicted octanol–water partition coefficient (Wildman–Crippen LogP) is 4.17. The molecule has 2 unspecified atom stereocenters. The first-order chi connectivity index (χ1) is 7.99. The minimum absolute atomic E-state index is 0.228. The summed E-state index contributed by atoms with van der Waals surface area (Å²) in [6.45, 7) is 6.36. The molecule has 17 heavy (non-hydrogen) atoms. The van der Waals surface area contributed by atoms with Gasteiger partial charge in [0.15, 0.2) is 0 Å². The maximum absolute atomic E-state index is 10.3. The van der Waals surface area contributed by atoms with E-state index in [0.717, 1.165) is 25.7 Å². The molecule has 0 aromatic heterocycles. The van der Waals surface area contributed by atoms with Crippen LogP contribution in [0.4, 0.5) is 0 Å². The molecule has 0 bridgehead atoms. The van der Waals surface area contributed by atoms with Crippen molar-refractivity contribution in [2.45, 2.75) is 83.6 Å². The maximum Gasteiger partial charge on any atom is 0.0802 e. The Morgan fingerprint density at radius 2 is 1.94 bits per heavy atom. The van der Waals surface area contributed by atoms with Crippen molar-refractivity contribution in [3.05, 3.63) is 11.1 Å². The molecule has 0 aromatic rings. The Hall–Kier alpha value is -0.235. The summed E-state index contributed by atoms with van der Waals surface area (Å²) in [5.41, 5.74) is 2.46. The number of aliphatic hydroxyl groups is 1. The summed E-state index contributed by atoms with van der Waals surface area (Å²) in [5, 5.41) is 10.0. The van der Waals surface area contributed by atoms with Crippen LogP contribution < -0.4 is 0 Å². The molecule has 2 atom stereocenters. The molecule has 2 heteroatoms. The first kappa shape index (κ1) is 14.8. The molecule has 0 fully saturated rings. The molecule has 0 spiro atoms. The Morgan fingerprint density at radius 1 is 1.29 bits per heavy atom. The van der Waals surface area contributed by atoms with E-state index >= 15 is 0 Å². The fourth-order valence-electron chi connectivity index (χ4n) is 2.77. The van der Waals surface area contributed by atoms with Gasteiger partial charge in [0.05, 0.1) is 14.0 Å². The first-order valence-electron chi connectivity index (χ1n) is 7.16. The van der Waals surface area contributed by atoms with Gasteiger partial charge in [-0.25, -0.2) is 0 Å². The average Bonchev–Trinajstić information content (AvgIpc) is 2.32. The van der Waals surface area contributed by atoms with Gasteiger partial charge in [-0.15, -0.1) is 0 Å². The number of hydrogen-bond donors (Lipinski definition) is 1. The van der Waals surface area contributed by atoms with Gasteiger partial charge in [-0.05, 0) is 37.1 Å². The van der Waals surface area contributed by atoms with Gasteiger partial charge in [-0.1, -0.05) is 51.5 Å². The molecule has 2 radical (unpaired) electrons. The second-order valence-electron chi connectivity index (χ2n) is 5.79. The SMILES string of the molecule is [B]C1(C)CCCCCCC(C(O)CCC)=C1C. The molecule has 0 saturated heterocycles. The van der Waals surface area contributed by atoms with E-state index < -0.39 is 0 Å². The molecule has 0 heterocycles. The topological polar surface area (TPSA) is 20.2 Å². The second-order valence-corrected chi connectivity index (χ2v) is 5.79. The summed E-state index contributed by atoms with van der Waals surface area (Å²) >= 11 is 0. The zero-order valence-electron chi connectivity index (χ0n) is 11.8. The molecule has 96 valence electrons. The molecular formula is C15H27BO. The van der Waals surface area contributed by atoms with Crippen molar-refractivity contribution in [3.8, 4) is 0 Å².